The third kappa shape index (κ3) is 5.20. The van der Waals surface area contributed by atoms with Crippen molar-refractivity contribution in [3.63, 3.8) is 0 Å². The Balaban J connectivity index is 1.93. The number of rotatable bonds is 7. The van der Waals surface area contributed by atoms with E-state index in [1.807, 2.05) is 11.8 Å². The van der Waals surface area contributed by atoms with Gasteiger partial charge in [0.15, 0.2) is 0 Å². The zero-order valence-electron chi connectivity index (χ0n) is 14.1. The maximum Gasteiger partial charge on any atom is 0.251 e. The number of hydrogen-bond acceptors (Lipinski definition) is 5. The van der Waals surface area contributed by atoms with Gasteiger partial charge in [-0.2, -0.15) is 11.8 Å². The molecule has 1 aromatic carbocycles. The van der Waals surface area contributed by atoms with Gasteiger partial charge < -0.3 is 10.2 Å². The van der Waals surface area contributed by atoms with Gasteiger partial charge in [0.1, 0.15) is 0 Å². The number of benzene rings is 1. The quantitative estimate of drug-likeness (QED) is 0.752. The van der Waals surface area contributed by atoms with Crippen molar-refractivity contribution in [2.45, 2.75) is 23.8 Å². The van der Waals surface area contributed by atoms with Crippen molar-refractivity contribution in [2.75, 3.05) is 38.7 Å². The molecule has 0 bridgehead atoms. The van der Waals surface area contributed by atoms with Gasteiger partial charge in [-0.3, -0.25) is 4.79 Å². The lowest BCUT2D eigenvalue weighted by atomic mass is 10.1. The lowest BCUT2D eigenvalue weighted by molar-refractivity contribution is 0.0963. The molecular formula is C16H25N3O3S2. The Bertz CT molecular complexity index is 639. The highest BCUT2D eigenvalue weighted by Gasteiger charge is 2.24. The van der Waals surface area contributed by atoms with Crippen molar-refractivity contribution in [1.29, 1.82) is 0 Å². The van der Waals surface area contributed by atoms with Crippen LogP contribution in [0.5, 0.6) is 0 Å². The highest BCUT2D eigenvalue weighted by atomic mass is 32.2. The molecule has 0 atom stereocenters. The first-order valence-corrected chi connectivity index (χ1v) is 10.9. The number of hydrogen-bond donors (Lipinski definition) is 2. The summed E-state index contributed by atoms with van der Waals surface area (Å²) in [7, 11) is -2.01. The fraction of sp³-hybridized carbons (Fsp3) is 0.562. The summed E-state index contributed by atoms with van der Waals surface area (Å²) in [6.45, 7) is 2.90. The smallest absolute Gasteiger partial charge is 0.251 e. The van der Waals surface area contributed by atoms with Crippen LogP contribution < -0.4 is 10.0 Å². The molecule has 134 valence electrons. The van der Waals surface area contributed by atoms with Gasteiger partial charge in [-0.25, -0.2) is 13.1 Å². The maximum absolute atomic E-state index is 12.5. The van der Waals surface area contributed by atoms with Crippen molar-refractivity contribution >= 4 is 27.7 Å². The van der Waals surface area contributed by atoms with Gasteiger partial charge in [-0.1, -0.05) is 0 Å². The van der Waals surface area contributed by atoms with Crippen molar-refractivity contribution in [2.24, 2.45) is 0 Å². The molecule has 1 fully saturated rings. The van der Waals surface area contributed by atoms with E-state index in [-0.39, 0.29) is 16.8 Å². The zero-order valence-corrected chi connectivity index (χ0v) is 15.8. The second-order valence-electron chi connectivity index (χ2n) is 5.83. The van der Waals surface area contributed by atoms with Gasteiger partial charge >= 0.3 is 0 Å². The Morgan fingerprint density at radius 1 is 1.25 bits per heavy atom. The van der Waals surface area contributed by atoms with Crippen LogP contribution in [0.15, 0.2) is 29.2 Å². The first-order chi connectivity index (χ1) is 11.5. The van der Waals surface area contributed by atoms with Gasteiger partial charge in [-0.15, -0.1) is 0 Å². The Hall–Kier alpha value is -1.09. The molecule has 1 amide bonds. The third-order valence-electron chi connectivity index (χ3n) is 4.17. The van der Waals surface area contributed by atoms with Crippen molar-refractivity contribution in [3.8, 4) is 0 Å². The summed E-state index contributed by atoms with van der Waals surface area (Å²) < 4.78 is 27.7. The van der Waals surface area contributed by atoms with E-state index >= 15 is 0 Å². The standard InChI is InChI=1S/C16H25N3O3S2/c1-17-16(20)13-3-5-15(6-4-13)24(21,22)18-14-7-9-19(10-8-14)11-12-23-2/h3-6,14,18H,7-12H2,1-2H3,(H,17,20). The fourth-order valence-corrected chi connectivity index (χ4v) is 4.46. The minimum atomic E-state index is -3.55. The average Bonchev–Trinajstić information content (AvgIpc) is 2.60. The van der Waals surface area contributed by atoms with Crippen LogP contribution in [0, 0.1) is 0 Å². The minimum Gasteiger partial charge on any atom is -0.355 e. The summed E-state index contributed by atoms with van der Waals surface area (Å²) in [5.41, 5.74) is 0.443. The Morgan fingerprint density at radius 3 is 2.42 bits per heavy atom. The molecule has 1 aliphatic heterocycles. The lowest BCUT2D eigenvalue weighted by Crippen LogP contribution is -2.45. The molecule has 0 aliphatic carbocycles. The SMILES string of the molecule is CNC(=O)c1ccc(S(=O)(=O)NC2CCN(CCSC)CC2)cc1. The summed E-state index contributed by atoms with van der Waals surface area (Å²) in [6.07, 6.45) is 3.74. The van der Waals surface area contributed by atoms with Gasteiger partial charge in [-0.05, 0) is 56.5 Å². The van der Waals surface area contributed by atoms with E-state index < -0.39 is 10.0 Å². The van der Waals surface area contributed by atoms with E-state index in [2.05, 4.69) is 21.2 Å². The van der Waals surface area contributed by atoms with E-state index in [0.29, 0.717) is 5.56 Å². The Morgan fingerprint density at radius 2 is 1.88 bits per heavy atom. The number of nitrogens with zero attached hydrogens (tertiary/aromatic N) is 1. The van der Waals surface area contributed by atoms with Crippen LogP contribution in [-0.4, -0.2) is 64.0 Å². The molecule has 1 aliphatic rings. The van der Waals surface area contributed by atoms with Crippen molar-refractivity contribution < 1.29 is 13.2 Å². The highest BCUT2D eigenvalue weighted by molar-refractivity contribution is 7.98. The number of nitrogens with one attached hydrogen (secondary N) is 2. The third-order valence-corrected chi connectivity index (χ3v) is 6.30. The first kappa shape index (κ1) is 19.2. The van der Waals surface area contributed by atoms with E-state index in [1.165, 1.54) is 24.3 Å². The van der Waals surface area contributed by atoms with Gasteiger partial charge in [0.05, 0.1) is 4.90 Å². The largest absolute Gasteiger partial charge is 0.355 e. The number of thioether (sulfide) groups is 1. The number of carbonyl (C=O) groups is 1. The average molecular weight is 372 g/mol. The molecule has 8 heteroatoms. The first-order valence-electron chi connectivity index (χ1n) is 8.02. The zero-order chi connectivity index (χ0) is 17.6. The molecule has 24 heavy (non-hydrogen) atoms. The molecule has 2 rings (SSSR count). The molecule has 0 spiro atoms. The number of piperidine rings is 1. The lowest BCUT2D eigenvalue weighted by Gasteiger charge is -2.32. The van der Waals surface area contributed by atoms with Crippen LogP contribution in [-0.2, 0) is 10.0 Å². The Kier molecular flexibility index (Phi) is 7.09. The van der Waals surface area contributed by atoms with Crippen LogP contribution >= 0.6 is 11.8 Å². The van der Waals surface area contributed by atoms with Crippen LogP contribution in [0.4, 0.5) is 0 Å². The molecule has 0 radical (unpaired) electrons. The van der Waals surface area contributed by atoms with Gasteiger partial charge in [0.2, 0.25) is 10.0 Å². The summed E-state index contributed by atoms with van der Waals surface area (Å²) in [5.74, 6) is 0.873. The monoisotopic (exact) mass is 371 g/mol. The Labute approximate surface area is 148 Å². The van der Waals surface area contributed by atoms with E-state index in [1.54, 1.807) is 7.05 Å². The molecule has 6 nitrogen and oxygen atoms in total. The fourth-order valence-electron chi connectivity index (χ4n) is 2.71. The topological polar surface area (TPSA) is 78.5 Å². The molecule has 1 saturated heterocycles. The number of sulfonamides is 1. The van der Waals surface area contributed by atoms with Gasteiger partial charge in [0.25, 0.3) is 5.91 Å². The molecule has 1 aromatic rings. The predicted octanol–water partition coefficient (Wildman–Crippen LogP) is 1.15. The summed E-state index contributed by atoms with van der Waals surface area (Å²) in [6, 6.07) is 5.97. The van der Waals surface area contributed by atoms with E-state index in [9.17, 15) is 13.2 Å². The summed E-state index contributed by atoms with van der Waals surface area (Å²) in [4.78, 5) is 14.1. The second kappa shape index (κ2) is 8.84. The summed E-state index contributed by atoms with van der Waals surface area (Å²) >= 11 is 1.83. The van der Waals surface area contributed by atoms with Crippen LogP contribution in [0.3, 0.4) is 0 Å². The summed E-state index contributed by atoms with van der Waals surface area (Å²) in [5, 5.41) is 2.51. The second-order valence-corrected chi connectivity index (χ2v) is 8.53. The molecule has 0 unspecified atom stereocenters. The van der Waals surface area contributed by atoms with Crippen molar-refractivity contribution in [1.82, 2.24) is 14.9 Å². The minimum absolute atomic E-state index is 0.0286. The van der Waals surface area contributed by atoms with E-state index in [0.717, 1.165) is 38.2 Å². The maximum atomic E-state index is 12.5. The predicted molar refractivity (Wildman–Crippen MR) is 98.0 cm³/mol. The van der Waals surface area contributed by atoms with E-state index in [4.69, 9.17) is 0 Å². The normalized spacial score (nSPS) is 16.9. The molecule has 0 aromatic heterocycles. The number of amides is 1. The van der Waals surface area contributed by atoms with Gasteiger partial charge in [0, 0.05) is 31.0 Å². The molecular weight excluding hydrogens is 346 g/mol. The number of likely N-dealkylation sites (tertiary alicyclic amines) is 1. The molecule has 1 heterocycles. The molecule has 0 saturated carbocycles. The van der Waals surface area contributed by atoms with Crippen LogP contribution in [0.25, 0.3) is 0 Å². The van der Waals surface area contributed by atoms with Crippen LogP contribution in [0.1, 0.15) is 23.2 Å². The van der Waals surface area contributed by atoms with Crippen LogP contribution in [0.2, 0.25) is 0 Å². The molecule has 2 N–H and O–H groups in total. The number of carbonyl (C=O) groups excluding carboxylic acids is 1. The van der Waals surface area contributed by atoms with Crippen molar-refractivity contribution in [3.05, 3.63) is 29.8 Å². The highest BCUT2D eigenvalue weighted by Crippen LogP contribution is 2.16.